The lowest BCUT2D eigenvalue weighted by Gasteiger charge is -2.07. The summed E-state index contributed by atoms with van der Waals surface area (Å²) in [5, 5.41) is 12.6. The van der Waals surface area contributed by atoms with E-state index in [4.69, 9.17) is 21.5 Å². The summed E-state index contributed by atoms with van der Waals surface area (Å²) >= 11 is 5.75. The second kappa shape index (κ2) is 6.23. The first-order chi connectivity index (χ1) is 9.50. The molecule has 0 amide bonds. The first-order valence-corrected chi connectivity index (χ1v) is 8.03. The lowest BCUT2D eigenvalue weighted by molar-refractivity contribution is 0.319. The number of aliphatic imine (C=N–C) groups is 1. The van der Waals surface area contributed by atoms with Crippen molar-refractivity contribution in [3.8, 4) is 0 Å². The van der Waals surface area contributed by atoms with Crippen LogP contribution in [0.5, 0.6) is 0 Å². The Kier molecular flexibility index (Phi) is 4.61. The van der Waals surface area contributed by atoms with Crippen LogP contribution >= 0.6 is 11.6 Å². The van der Waals surface area contributed by atoms with Crippen LogP contribution in [0.15, 0.2) is 34.4 Å². The Labute approximate surface area is 121 Å². The number of oxime groups is 1. The predicted molar refractivity (Wildman–Crippen MR) is 76.7 cm³/mol. The van der Waals surface area contributed by atoms with Gasteiger partial charge in [-0.15, -0.1) is 0 Å². The average Bonchev–Trinajstić information content (AvgIpc) is 2.89. The zero-order valence-electron chi connectivity index (χ0n) is 10.5. The van der Waals surface area contributed by atoms with Crippen LogP contribution in [0, 0.1) is 0 Å². The summed E-state index contributed by atoms with van der Waals surface area (Å²) in [5.74, 6) is -0.481. The average molecular weight is 317 g/mol. The molecule has 0 saturated heterocycles. The molecule has 2 rings (SSSR count). The van der Waals surface area contributed by atoms with Gasteiger partial charge in [0, 0.05) is 10.6 Å². The lowest BCUT2D eigenvalue weighted by atomic mass is 10.1. The minimum Gasteiger partial charge on any atom is -0.478 e. The van der Waals surface area contributed by atoms with E-state index in [2.05, 4.69) is 10.1 Å². The van der Waals surface area contributed by atoms with Crippen LogP contribution in [0.25, 0.3) is 0 Å². The van der Waals surface area contributed by atoms with Crippen molar-refractivity contribution in [1.29, 1.82) is 0 Å². The fourth-order valence-electron chi connectivity index (χ4n) is 1.73. The molecule has 108 valence electrons. The maximum absolute atomic E-state index is 12.0. The molecular weight excluding hydrogens is 304 g/mol. The Morgan fingerprint density at radius 1 is 1.40 bits per heavy atom. The highest BCUT2D eigenvalue weighted by atomic mass is 35.5. The van der Waals surface area contributed by atoms with Gasteiger partial charge in [0.2, 0.25) is 0 Å². The molecule has 1 heterocycles. The van der Waals surface area contributed by atoms with Crippen molar-refractivity contribution >= 4 is 33.0 Å². The van der Waals surface area contributed by atoms with Gasteiger partial charge in [-0.05, 0) is 12.1 Å². The summed E-state index contributed by atoms with van der Waals surface area (Å²) in [7, 11) is -3.51. The minimum absolute atomic E-state index is 0.0558. The smallest absolute Gasteiger partial charge is 0.198 e. The van der Waals surface area contributed by atoms with Gasteiger partial charge in [0.15, 0.2) is 15.7 Å². The second-order valence-corrected chi connectivity index (χ2v) is 6.71. The SMILES string of the molecule is O=S(=O)(CC1=NCCO1)C/C(=N/O)c1ccc(Cl)cc1. The molecule has 0 radical (unpaired) electrons. The molecular formula is C12H13ClN2O4S. The summed E-state index contributed by atoms with van der Waals surface area (Å²) in [6.45, 7) is 0.881. The van der Waals surface area contributed by atoms with Crippen molar-refractivity contribution in [2.24, 2.45) is 10.1 Å². The lowest BCUT2D eigenvalue weighted by Crippen LogP contribution is -2.24. The molecule has 0 saturated carbocycles. The summed E-state index contributed by atoms with van der Waals surface area (Å²) in [6.07, 6.45) is 0. The number of benzene rings is 1. The van der Waals surface area contributed by atoms with E-state index in [9.17, 15) is 8.42 Å². The number of sulfone groups is 1. The largest absolute Gasteiger partial charge is 0.478 e. The Hall–Kier alpha value is -1.60. The Morgan fingerprint density at radius 3 is 2.65 bits per heavy atom. The van der Waals surface area contributed by atoms with Gasteiger partial charge in [0.1, 0.15) is 18.1 Å². The monoisotopic (exact) mass is 316 g/mol. The van der Waals surface area contributed by atoms with E-state index in [1.165, 1.54) is 0 Å². The molecule has 1 aromatic rings. The van der Waals surface area contributed by atoms with Crippen LogP contribution < -0.4 is 0 Å². The van der Waals surface area contributed by atoms with Crippen molar-refractivity contribution in [3.63, 3.8) is 0 Å². The first-order valence-electron chi connectivity index (χ1n) is 5.83. The molecule has 0 aromatic heterocycles. The number of hydrogen-bond donors (Lipinski definition) is 1. The van der Waals surface area contributed by atoms with E-state index < -0.39 is 15.6 Å². The van der Waals surface area contributed by atoms with E-state index in [1.54, 1.807) is 24.3 Å². The van der Waals surface area contributed by atoms with Crippen LogP contribution in [0.3, 0.4) is 0 Å². The second-order valence-electron chi connectivity index (χ2n) is 4.21. The zero-order chi connectivity index (χ0) is 14.6. The van der Waals surface area contributed by atoms with Gasteiger partial charge < -0.3 is 9.94 Å². The first kappa shape index (κ1) is 14.8. The normalized spacial score (nSPS) is 15.8. The van der Waals surface area contributed by atoms with Gasteiger partial charge in [-0.2, -0.15) is 0 Å². The molecule has 0 atom stereocenters. The van der Waals surface area contributed by atoms with Crippen LogP contribution in [0.2, 0.25) is 5.02 Å². The van der Waals surface area contributed by atoms with E-state index in [-0.39, 0.29) is 17.4 Å². The maximum Gasteiger partial charge on any atom is 0.198 e. The quantitative estimate of drug-likeness (QED) is 0.504. The maximum atomic E-state index is 12.0. The Balaban J connectivity index is 2.11. The molecule has 8 heteroatoms. The number of rotatable bonds is 5. The summed E-state index contributed by atoms with van der Waals surface area (Å²) in [5.41, 5.74) is 0.551. The standard InChI is InChI=1S/C12H13ClN2O4S/c13-10-3-1-9(2-4-10)11(15-16)7-20(17,18)8-12-14-5-6-19-12/h1-4,16H,5-8H2/b15-11-. The van der Waals surface area contributed by atoms with Crippen molar-refractivity contribution in [2.75, 3.05) is 24.7 Å². The van der Waals surface area contributed by atoms with E-state index in [0.717, 1.165) is 0 Å². The Bertz CT molecular complexity index is 638. The van der Waals surface area contributed by atoms with E-state index >= 15 is 0 Å². The fourth-order valence-corrected chi connectivity index (χ4v) is 3.15. The molecule has 6 nitrogen and oxygen atoms in total. The topological polar surface area (TPSA) is 88.3 Å². The van der Waals surface area contributed by atoms with Crippen LogP contribution in [0.4, 0.5) is 0 Å². The highest BCUT2D eigenvalue weighted by Crippen LogP contribution is 2.12. The molecule has 1 N–H and O–H groups in total. The highest BCUT2D eigenvalue weighted by molar-refractivity contribution is 7.92. The molecule has 0 bridgehead atoms. The van der Waals surface area contributed by atoms with Crippen molar-refractivity contribution in [2.45, 2.75) is 0 Å². The zero-order valence-corrected chi connectivity index (χ0v) is 12.1. The summed E-state index contributed by atoms with van der Waals surface area (Å²) in [6, 6.07) is 6.38. The highest BCUT2D eigenvalue weighted by Gasteiger charge is 2.22. The van der Waals surface area contributed by atoms with Gasteiger partial charge in [-0.25, -0.2) is 8.42 Å². The third kappa shape index (κ3) is 3.94. The molecule has 20 heavy (non-hydrogen) atoms. The van der Waals surface area contributed by atoms with E-state index in [0.29, 0.717) is 23.7 Å². The van der Waals surface area contributed by atoms with Crippen molar-refractivity contribution in [3.05, 3.63) is 34.9 Å². The molecule has 0 aliphatic carbocycles. The van der Waals surface area contributed by atoms with Crippen LogP contribution in [-0.2, 0) is 14.6 Å². The predicted octanol–water partition coefficient (Wildman–Crippen LogP) is 1.36. The van der Waals surface area contributed by atoms with Gasteiger partial charge in [-0.3, -0.25) is 4.99 Å². The number of hydrogen-bond acceptors (Lipinski definition) is 6. The van der Waals surface area contributed by atoms with Gasteiger partial charge in [-0.1, -0.05) is 28.9 Å². The fraction of sp³-hybridized carbons (Fsp3) is 0.333. The summed E-state index contributed by atoms with van der Waals surface area (Å²) < 4.78 is 29.1. The molecule has 0 fully saturated rings. The summed E-state index contributed by atoms with van der Waals surface area (Å²) in [4.78, 5) is 3.93. The Morgan fingerprint density at radius 2 is 2.10 bits per heavy atom. The molecule has 1 aliphatic heterocycles. The number of ether oxygens (including phenoxy) is 1. The molecule has 0 spiro atoms. The molecule has 1 aromatic carbocycles. The van der Waals surface area contributed by atoms with Gasteiger partial charge >= 0.3 is 0 Å². The van der Waals surface area contributed by atoms with Gasteiger partial charge in [0.25, 0.3) is 0 Å². The van der Waals surface area contributed by atoms with Gasteiger partial charge in [0.05, 0.1) is 12.3 Å². The van der Waals surface area contributed by atoms with Crippen molar-refractivity contribution in [1.82, 2.24) is 0 Å². The van der Waals surface area contributed by atoms with E-state index in [1.807, 2.05) is 0 Å². The third-order valence-electron chi connectivity index (χ3n) is 2.65. The minimum atomic E-state index is -3.51. The molecule has 1 aliphatic rings. The molecule has 0 unspecified atom stereocenters. The van der Waals surface area contributed by atoms with Crippen LogP contribution in [0.1, 0.15) is 5.56 Å². The van der Waals surface area contributed by atoms with Crippen LogP contribution in [-0.4, -0.2) is 49.9 Å². The third-order valence-corrected chi connectivity index (χ3v) is 4.30. The van der Waals surface area contributed by atoms with Crippen molar-refractivity contribution < 1.29 is 18.4 Å². The number of halogens is 1. The number of nitrogens with zero attached hydrogens (tertiary/aromatic N) is 2.